The van der Waals surface area contributed by atoms with E-state index in [1.165, 1.54) is 34.2 Å². The Morgan fingerprint density at radius 2 is 2.13 bits per heavy atom. The third-order valence-electron chi connectivity index (χ3n) is 1.90. The zero-order valence-corrected chi connectivity index (χ0v) is 10.0. The molecular formula is C10H7BrFNOS. The van der Waals surface area contributed by atoms with Crippen molar-refractivity contribution in [2.24, 2.45) is 0 Å². The molecule has 2 rings (SSSR count). The van der Waals surface area contributed by atoms with Crippen LogP contribution in [0, 0.1) is 5.82 Å². The Hall–Kier alpha value is -0.940. The second-order valence-electron chi connectivity index (χ2n) is 3.02. The topological polar surface area (TPSA) is 22.0 Å². The Labute approximate surface area is 98.1 Å². The Morgan fingerprint density at radius 3 is 2.80 bits per heavy atom. The molecule has 0 aromatic carbocycles. The summed E-state index contributed by atoms with van der Waals surface area (Å²) in [6.07, 6.45) is 1.22. The summed E-state index contributed by atoms with van der Waals surface area (Å²) in [6, 6.07) is 6.22. The zero-order valence-electron chi connectivity index (χ0n) is 7.61. The summed E-state index contributed by atoms with van der Waals surface area (Å²) >= 11 is 4.87. The molecule has 0 aliphatic rings. The van der Waals surface area contributed by atoms with Crippen LogP contribution >= 0.6 is 27.3 Å². The molecule has 15 heavy (non-hydrogen) atoms. The molecule has 0 spiro atoms. The van der Waals surface area contributed by atoms with Gasteiger partial charge in [0.25, 0.3) is 5.56 Å². The minimum absolute atomic E-state index is 0.194. The first-order chi connectivity index (χ1) is 7.15. The number of thiophene rings is 1. The first kappa shape index (κ1) is 10.6. The van der Waals surface area contributed by atoms with Gasteiger partial charge in [0, 0.05) is 17.1 Å². The van der Waals surface area contributed by atoms with Gasteiger partial charge in [0.1, 0.15) is 5.82 Å². The SMILES string of the molecule is O=c1ccc(F)cn1Cc1ccc(Br)s1. The van der Waals surface area contributed by atoms with Crippen LogP contribution in [0.15, 0.2) is 39.0 Å². The van der Waals surface area contributed by atoms with E-state index in [-0.39, 0.29) is 5.56 Å². The summed E-state index contributed by atoms with van der Waals surface area (Å²) in [5.74, 6) is -0.398. The lowest BCUT2D eigenvalue weighted by molar-refractivity contribution is 0.596. The summed E-state index contributed by atoms with van der Waals surface area (Å²) in [5, 5.41) is 0. The van der Waals surface area contributed by atoms with Crippen LogP contribution in [-0.2, 0) is 6.54 Å². The minimum Gasteiger partial charge on any atom is -0.307 e. The highest BCUT2D eigenvalue weighted by Gasteiger charge is 2.02. The number of halogens is 2. The van der Waals surface area contributed by atoms with Crippen LogP contribution < -0.4 is 5.56 Å². The fourth-order valence-corrected chi connectivity index (χ4v) is 2.71. The number of hydrogen-bond acceptors (Lipinski definition) is 2. The van der Waals surface area contributed by atoms with Gasteiger partial charge in [-0.1, -0.05) is 0 Å². The molecule has 0 saturated heterocycles. The molecule has 2 nitrogen and oxygen atoms in total. The van der Waals surface area contributed by atoms with E-state index in [4.69, 9.17) is 0 Å². The fraction of sp³-hybridized carbons (Fsp3) is 0.100. The van der Waals surface area contributed by atoms with Gasteiger partial charge >= 0.3 is 0 Å². The molecule has 0 bridgehead atoms. The summed E-state index contributed by atoms with van der Waals surface area (Å²) < 4.78 is 15.2. The van der Waals surface area contributed by atoms with Gasteiger partial charge in [-0.2, -0.15) is 0 Å². The number of pyridine rings is 1. The van der Waals surface area contributed by atoms with Gasteiger partial charge in [0.05, 0.1) is 10.3 Å². The lowest BCUT2D eigenvalue weighted by Crippen LogP contribution is -2.18. The Morgan fingerprint density at radius 1 is 1.33 bits per heavy atom. The van der Waals surface area contributed by atoms with Gasteiger partial charge in [0.15, 0.2) is 0 Å². The maximum absolute atomic E-state index is 12.9. The maximum atomic E-state index is 12.9. The molecule has 5 heteroatoms. The second-order valence-corrected chi connectivity index (χ2v) is 5.57. The van der Waals surface area contributed by atoms with Gasteiger partial charge in [-0.05, 0) is 34.1 Å². The largest absolute Gasteiger partial charge is 0.307 e. The molecule has 78 valence electrons. The van der Waals surface area contributed by atoms with Gasteiger partial charge in [0.2, 0.25) is 0 Å². The average Bonchev–Trinajstić information content (AvgIpc) is 2.58. The predicted octanol–water partition coefficient (Wildman–Crippen LogP) is 2.86. The molecule has 0 unspecified atom stereocenters. The first-order valence-electron chi connectivity index (χ1n) is 4.25. The van der Waals surface area contributed by atoms with Crippen molar-refractivity contribution in [1.29, 1.82) is 0 Å². The molecule has 2 heterocycles. The van der Waals surface area contributed by atoms with E-state index >= 15 is 0 Å². The fourth-order valence-electron chi connectivity index (χ4n) is 1.23. The Bertz CT molecular complexity index is 534. The van der Waals surface area contributed by atoms with Crippen molar-refractivity contribution in [1.82, 2.24) is 4.57 Å². The van der Waals surface area contributed by atoms with Crippen LogP contribution in [0.25, 0.3) is 0 Å². The van der Waals surface area contributed by atoms with E-state index in [2.05, 4.69) is 15.9 Å². The van der Waals surface area contributed by atoms with Gasteiger partial charge in [-0.15, -0.1) is 11.3 Å². The summed E-state index contributed by atoms with van der Waals surface area (Å²) in [5.41, 5.74) is -0.194. The van der Waals surface area contributed by atoms with Crippen molar-refractivity contribution in [3.63, 3.8) is 0 Å². The average molecular weight is 288 g/mol. The maximum Gasteiger partial charge on any atom is 0.251 e. The number of rotatable bonds is 2. The van der Waals surface area contributed by atoms with Gasteiger partial charge in [-0.3, -0.25) is 4.79 Å². The molecule has 0 atom stereocenters. The van der Waals surface area contributed by atoms with E-state index in [1.54, 1.807) is 0 Å². The zero-order chi connectivity index (χ0) is 10.8. The quantitative estimate of drug-likeness (QED) is 0.833. The van der Waals surface area contributed by atoms with Crippen LogP contribution in [0.5, 0.6) is 0 Å². The molecule has 0 aliphatic heterocycles. The highest BCUT2D eigenvalue weighted by atomic mass is 79.9. The molecule has 0 fully saturated rings. The third kappa shape index (κ3) is 2.54. The van der Waals surface area contributed by atoms with Crippen molar-refractivity contribution >= 4 is 27.3 Å². The third-order valence-corrected chi connectivity index (χ3v) is 3.51. The van der Waals surface area contributed by atoms with E-state index in [9.17, 15) is 9.18 Å². The first-order valence-corrected chi connectivity index (χ1v) is 5.86. The number of aromatic nitrogens is 1. The normalized spacial score (nSPS) is 10.5. The molecule has 0 saturated carbocycles. The summed E-state index contributed by atoms with van der Waals surface area (Å²) in [6.45, 7) is 0.410. The van der Waals surface area contributed by atoms with Gasteiger partial charge in [-0.25, -0.2) is 4.39 Å². The van der Waals surface area contributed by atoms with Crippen molar-refractivity contribution < 1.29 is 4.39 Å². The van der Waals surface area contributed by atoms with Crippen LogP contribution in [0.2, 0.25) is 0 Å². The second kappa shape index (κ2) is 4.28. The van der Waals surface area contributed by atoms with E-state index in [0.29, 0.717) is 6.54 Å². The lowest BCUT2D eigenvalue weighted by atomic mass is 10.4. The van der Waals surface area contributed by atoms with Crippen LogP contribution in [0.4, 0.5) is 4.39 Å². The Balaban J connectivity index is 2.31. The van der Waals surface area contributed by atoms with Crippen LogP contribution in [0.1, 0.15) is 4.88 Å². The van der Waals surface area contributed by atoms with Crippen molar-refractivity contribution in [3.05, 3.63) is 55.3 Å². The molecule has 0 amide bonds. The standard InChI is InChI=1S/C10H7BrFNOS/c11-9-3-2-8(15-9)6-13-5-7(12)1-4-10(13)14/h1-5H,6H2. The number of hydrogen-bond donors (Lipinski definition) is 0. The van der Waals surface area contributed by atoms with Crippen LogP contribution in [-0.4, -0.2) is 4.57 Å². The van der Waals surface area contributed by atoms with E-state index in [0.717, 1.165) is 8.66 Å². The predicted molar refractivity (Wildman–Crippen MR) is 61.8 cm³/mol. The molecule has 2 aromatic rings. The van der Waals surface area contributed by atoms with Crippen molar-refractivity contribution in [2.45, 2.75) is 6.54 Å². The minimum atomic E-state index is -0.398. The van der Waals surface area contributed by atoms with Crippen molar-refractivity contribution in [3.8, 4) is 0 Å². The smallest absolute Gasteiger partial charge is 0.251 e. The monoisotopic (exact) mass is 287 g/mol. The molecule has 0 aliphatic carbocycles. The van der Waals surface area contributed by atoms with Crippen molar-refractivity contribution in [2.75, 3.05) is 0 Å². The molecule has 0 N–H and O–H groups in total. The summed E-state index contributed by atoms with van der Waals surface area (Å²) in [4.78, 5) is 12.4. The molecule has 2 aromatic heterocycles. The van der Waals surface area contributed by atoms with E-state index < -0.39 is 5.82 Å². The number of nitrogens with zero attached hydrogens (tertiary/aromatic N) is 1. The van der Waals surface area contributed by atoms with Gasteiger partial charge < -0.3 is 4.57 Å². The molecular weight excluding hydrogens is 281 g/mol. The lowest BCUT2D eigenvalue weighted by Gasteiger charge is -2.02. The highest BCUT2D eigenvalue weighted by Crippen LogP contribution is 2.22. The Kier molecular flexibility index (Phi) is 3.02. The highest BCUT2D eigenvalue weighted by molar-refractivity contribution is 9.11. The summed E-state index contributed by atoms with van der Waals surface area (Å²) in [7, 11) is 0. The van der Waals surface area contributed by atoms with Crippen LogP contribution in [0.3, 0.4) is 0 Å². The van der Waals surface area contributed by atoms with E-state index in [1.807, 2.05) is 12.1 Å². The molecule has 0 radical (unpaired) electrons.